The largest absolute Gasteiger partial charge is 0.494 e. The Balaban J connectivity index is 1.14. The van der Waals surface area contributed by atoms with Crippen molar-refractivity contribution in [2.24, 2.45) is 11.8 Å². The van der Waals surface area contributed by atoms with Crippen molar-refractivity contribution in [3.63, 3.8) is 0 Å². The number of hydrogen-bond acceptors (Lipinski definition) is 6. The molecule has 3 aliphatic rings. The summed E-state index contributed by atoms with van der Waals surface area (Å²) in [7, 11) is 4.09. The number of carbonyl (C=O) groups is 3. The topological polar surface area (TPSA) is 108 Å². The van der Waals surface area contributed by atoms with E-state index in [0.717, 1.165) is 30.0 Å². The van der Waals surface area contributed by atoms with Gasteiger partial charge < -0.3 is 30.5 Å². The van der Waals surface area contributed by atoms with E-state index < -0.39 is 0 Å². The number of piperidine rings is 1. The summed E-state index contributed by atoms with van der Waals surface area (Å²) in [5.41, 5.74) is 8.89. The molecular weight excluding hydrogens is 642 g/mol. The van der Waals surface area contributed by atoms with Crippen molar-refractivity contribution in [3.05, 3.63) is 50.4 Å². The molecular formula is C29H35Br2N5O4. The number of anilines is 2. The zero-order chi connectivity index (χ0) is 28.6. The molecule has 40 heavy (non-hydrogen) atoms. The number of nitrogens with one attached hydrogen (secondary N) is 1. The number of benzene rings is 2. The molecule has 2 aromatic carbocycles. The van der Waals surface area contributed by atoms with E-state index in [1.54, 1.807) is 12.1 Å². The molecule has 5 rings (SSSR count). The lowest BCUT2D eigenvalue weighted by Gasteiger charge is -2.40. The van der Waals surface area contributed by atoms with Crippen molar-refractivity contribution < 1.29 is 19.1 Å². The molecule has 1 saturated carbocycles. The van der Waals surface area contributed by atoms with Crippen LogP contribution in [0.3, 0.4) is 0 Å². The summed E-state index contributed by atoms with van der Waals surface area (Å²) in [6.45, 7) is 3.27. The molecule has 11 heteroatoms. The molecule has 3 amide bonds. The van der Waals surface area contributed by atoms with Gasteiger partial charge in [0.25, 0.3) is 0 Å². The Morgan fingerprint density at radius 1 is 1.10 bits per heavy atom. The second-order valence-corrected chi connectivity index (χ2v) is 12.8. The molecule has 9 nitrogen and oxygen atoms in total. The number of carbonyl (C=O) groups excluding carboxylic acids is 3. The Hall–Kier alpha value is -2.63. The van der Waals surface area contributed by atoms with E-state index in [2.05, 4.69) is 42.1 Å². The second kappa shape index (κ2) is 12.1. The van der Waals surface area contributed by atoms with Crippen molar-refractivity contribution in [2.45, 2.75) is 38.3 Å². The Morgan fingerprint density at radius 2 is 1.80 bits per heavy atom. The first-order valence-electron chi connectivity index (χ1n) is 13.7. The van der Waals surface area contributed by atoms with Crippen LogP contribution in [0, 0.1) is 11.8 Å². The number of Topliss-reactive ketones (excluding diaryl/α,β-unsaturated/α-hetero) is 1. The van der Waals surface area contributed by atoms with E-state index in [4.69, 9.17) is 10.5 Å². The molecule has 2 aliphatic heterocycles. The Kier molecular flexibility index (Phi) is 8.72. The lowest BCUT2D eigenvalue weighted by molar-refractivity contribution is -0.134. The molecule has 2 unspecified atom stereocenters. The summed E-state index contributed by atoms with van der Waals surface area (Å²) in [5, 5.41) is 3.02. The molecule has 2 fully saturated rings. The van der Waals surface area contributed by atoms with Gasteiger partial charge in [-0.25, -0.2) is 4.79 Å². The van der Waals surface area contributed by atoms with Gasteiger partial charge in [0.2, 0.25) is 5.91 Å². The van der Waals surface area contributed by atoms with E-state index in [1.807, 2.05) is 42.1 Å². The maximum atomic E-state index is 13.2. The molecule has 1 aliphatic carbocycles. The first kappa shape index (κ1) is 28.9. The van der Waals surface area contributed by atoms with Gasteiger partial charge in [-0.2, -0.15) is 0 Å². The summed E-state index contributed by atoms with van der Waals surface area (Å²) >= 11 is 6.78. The fourth-order valence-corrected chi connectivity index (χ4v) is 6.74. The number of nitrogens with zero attached hydrogens (tertiary/aromatic N) is 3. The third kappa shape index (κ3) is 6.31. The zero-order valence-electron chi connectivity index (χ0n) is 22.8. The normalized spacial score (nSPS) is 20.8. The van der Waals surface area contributed by atoms with Crippen molar-refractivity contribution in [1.82, 2.24) is 14.7 Å². The Morgan fingerprint density at radius 3 is 2.48 bits per heavy atom. The van der Waals surface area contributed by atoms with Gasteiger partial charge >= 0.3 is 6.03 Å². The van der Waals surface area contributed by atoms with Gasteiger partial charge in [-0.1, -0.05) is 0 Å². The molecule has 0 aromatic heterocycles. The van der Waals surface area contributed by atoms with Crippen LogP contribution in [0.5, 0.6) is 5.75 Å². The molecule has 0 radical (unpaired) electrons. The summed E-state index contributed by atoms with van der Waals surface area (Å²) in [6.07, 6.45) is 2.93. The van der Waals surface area contributed by atoms with Crippen LogP contribution in [0.2, 0.25) is 0 Å². The smallest absolute Gasteiger partial charge is 0.322 e. The molecule has 2 heterocycles. The summed E-state index contributed by atoms with van der Waals surface area (Å²) in [6, 6.07) is 9.19. The number of nitrogens with two attached hydrogens (primary N) is 1. The predicted molar refractivity (Wildman–Crippen MR) is 161 cm³/mol. The van der Waals surface area contributed by atoms with Gasteiger partial charge in [-0.3, -0.25) is 9.59 Å². The zero-order valence-corrected chi connectivity index (χ0v) is 26.0. The van der Waals surface area contributed by atoms with E-state index in [-0.39, 0.29) is 35.6 Å². The summed E-state index contributed by atoms with van der Waals surface area (Å²) < 4.78 is 7.25. The number of halogens is 2. The number of nitrogen functional groups attached to an aromatic ring is 1. The number of urea groups is 1. The van der Waals surface area contributed by atoms with Crippen LogP contribution in [0.1, 0.15) is 41.6 Å². The predicted octanol–water partition coefficient (Wildman–Crippen LogP) is 4.98. The molecule has 2 atom stereocenters. The standard InChI is InChI=1S/C29H35Br2N5O4/c1-34(2)8-3-11-40-20-4-5-25-18(12-20)16-36(29(39)33-25)19-6-9-35(10-7-19)28(38)22-15-21(22)27(37)17-13-23(30)26(32)24(31)14-17/h4-5,12-14,19,21-22H,3,6-11,15-16,32H2,1-2H3,(H,33,39). The minimum absolute atomic E-state index is 0.0284. The molecule has 214 valence electrons. The Bertz CT molecular complexity index is 1290. The second-order valence-electron chi connectivity index (χ2n) is 11.1. The highest BCUT2D eigenvalue weighted by atomic mass is 79.9. The van der Waals surface area contributed by atoms with Crippen LogP contribution in [0.25, 0.3) is 0 Å². The number of ether oxygens (including phenoxy) is 1. The van der Waals surface area contributed by atoms with Crippen LogP contribution in [-0.2, 0) is 11.3 Å². The van der Waals surface area contributed by atoms with Gasteiger partial charge in [-0.15, -0.1) is 0 Å². The minimum atomic E-state index is -0.295. The van der Waals surface area contributed by atoms with Gasteiger partial charge in [0.05, 0.1) is 12.3 Å². The molecule has 0 bridgehead atoms. The first-order valence-corrected chi connectivity index (χ1v) is 15.3. The number of ketones is 1. The van der Waals surface area contributed by atoms with Crippen molar-refractivity contribution in [2.75, 3.05) is 51.4 Å². The lowest BCUT2D eigenvalue weighted by atomic mass is 10.00. The van der Waals surface area contributed by atoms with Crippen molar-refractivity contribution >= 4 is 61.0 Å². The van der Waals surface area contributed by atoms with Crippen LogP contribution < -0.4 is 15.8 Å². The average Bonchev–Trinajstić information content (AvgIpc) is 3.74. The SMILES string of the molecule is CN(C)CCCOc1ccc2c(c1)CN(C1CCN(C(=O)C3CC3C(=O)c3cc(Br)c(N)c(Br)c3)CC1)C(=O)N2. The van der Waals surface area contributed by atoms with Gasteiger partial charge in [-0.05, 0) is 108 Å². The van der Waals surface area contributed by atoms with Crippen molar-refractivity contribution in [1.29, 1.82) is 0 Å². The van der Waals surface area contributed by atoms with E-state index in [0.29, 0.717) is 65.7 Å². The van der Waals surface area contributed by atoms with Gasteiger partial charge in [0.15, 0.2) is 5.78 Å². The monoisotopic (exact) mass is 675 g/mol. The summed E-state index contributed by atoms with van der Waals surface area (Å²) in [4.78, 5) is 45.0. The van der Waals surface area contributed by atoms with Gasteiger partial charge in [0.1, 0.15) is 5.75 Å². The van der Waals surface area contributed by atoms with E-state index >= 15 is 0 Å². The van der Waals surface area contributed by atoms with Gasteiger partial charge in [0, 0.05) is 64.3 Å². The highest BCUT2D eigenvalue weighted by Crippen LogP contribution is 2.44. The molecule has 2 aromatic rings. The van der Waals surface area contributed by atoms with Crippen LogP contribution in [0.4, 0.5) is 16.2 Å². The van der Waals surface area contributed by atoms with Crippen LogP contribution in [-0.4, -0.2) is 78.8 Å². The Labute approximate surface area is 251 Å². The number of rotatable bonds is 9. The minimum Gasteiger partial charge on any atom is -0.494 e. The number of likely N-dealkylation sites (tertiary alicyclic amines) is 1. The number of amides is 3. The first-order chi connectivity index (χ1) is 19.1. The van der Waals surface area contributed by atoms with E-state index in [9.17, 15) is 14.4 Å². The molecule has 1 saturated heterocycles. The molecule has 0 spiro atoms. The van der Waals surface area contributed by atoms with Crippen LogP contribution in [0.15, 0.2) is 39.3 Å². The molecule has 3 N–H and O–H groups in total. The van der Waals surface area contributed by atoms with Crippen molar-refractivity contribution in [3.8, 4) is 5.75 Å². The van der Waals surface area contributed by atoms with E-state index in [1.165, 1.54) is 0 Å². The number of hydrogen-bond donors (Lipinski definition) is 2. The highest BCUT2D eigenvalue weighted by molar-refractivity contribution is 9.11. The average molecular weight is 677 g/mol. The lowest BCUT2D eigenvalue weighted by Crippen LogP contribution is -2.51. The third-order valence-electron chi connectivity index (χ3n) is 7.96. The maximum absolute atomic E-state index is 13.2. The summed E-state index contributed by atoms with van der Waals surface area (Å²) in [5.74, 6) is 0.243. The third-order valence-corrected chi connectivity index (χ3v) is 9.28. The quantitative estimate of drug-likeness (QED) is 0.220. The maximum Gasteiger partial charge on any atom is 0.322 e. The fraction of sp³-hybridized carbons (Fsp3) is 0.483. The number of fused-ring (bicyclic) bond motifs is 1. The highest BCUT2D eigenvalue weighted by Gasteiger charge is 2.50. The fourth-order valence-electron chi connectivity index (χ4n) is 5.55. The van der Waals surface area contributed by atoms with Crippen LogP contribution >= 0.6 is 31.9 Å².